The Hall–Kier alpha value is -4.05. The van der Waals surface area contributed by atoms with E-state index in [0.29, 0.717) is 10.4 Å². The topological polar surface area (TPSA) is 123 Å². The van der Waals surface area contributed by atoms with Crippen LogP contribution in [0.2, 0.25) is 0 Å². The van der Waals surface area contributed by atoms with Gasteiger partial charge < -0.3 is 10.1 Å². The number of carbonyl (C=O) groups is 2. The third kappa shape index (κ3) is 6.47. The van der Waals surface area contributed by atoms with Gasteiger partial charge in [0.25, 0.3) is 11.8 Å². The Morgan fingerprint density at radius 3 is 2.65 bits per heavy atom. The number of nitro groups is 1. The van der Waals surface area contributed by atoms with Crippen molar-refractivity contribution in [3.63, 3.8) is 0 Å². The molecule has 2 aromatic carbocycles. The number of ether oxygens (including phenoxy) is 1. The molecule has 2 amide bonds. The number of hydrogen-bond donors (Lipinski definition) is 2. The number of hydrogen-bond acceptors (Lipinski definition) is 7. The molecule has 3 rings (SSSR count). The van der Waals surface area contributed by atoms with E-state index in [1.165, 1.54) is 29.7 Å². The molecule has 0 aliphatic carbocycles. The first-order chi connectivity index (χ1) is 15.0. The lowest BCUT2D eigenvalue weighted by atomic mass is 10.2. The molecule has 0 atom stereocenters. The Kier molecular flexibility index (Phi) is 7.44. The zero-order valence-electron chi connectivity index (χ0n) is 16.2. The molecule has 0 spiro atoms. The van der Waals surface area contributed by atoms with E-state index >= 15 is 0 Å². The van der Waals surface area contributed by atoms with Crippen LogP contribution < -0.4 is 15.5 Å². The molecule has 9 nitrogen and oxygen atoms in total. The molecule has 10 heteroatoms. The van der Waals surface area contributed by atoms with E-state index in [1.54, 1.807) is 23.6 Å². The summed E-state index contributed by atoms with van der Waals surface area (Å²) in [6.45, 7) is -0.0527. The number of rotatable bonds is 9. The molecule has 31 heavy (non-hydrogen) atoms. The molecule has 0 unspecified atom stereocenters. The molecule has 0 saturated carbocycles. The second-order valence-corrected chi connectivity index (χ2v) is 7.16. The third-order valence-corrected chi connectivity index (χ3v) is 4.84. The van der Waals surface area contributed by atoms with Gasteiger partial charge in [0.05, 0.1) is 22.6 Å². The van der Waals surface area contributed by atoms with Crippen LogP contribution in [0.3, 0.4) is 0 Å². The average molecular weight is 438 g/mol. The maximum absolute atomic E-state index is 11.8. The lowest BCUT2D eigenvalue weighted by molar-refractivity contribution is -0.385. The molecule has 0 radical (unpaired) electrons. The van der Waals surface area contributed by atoms with Crippen LogP contribution in [-0.2, 0) is 11.4 Å². The SMILES string of the molecule is O=C(CNC(=O)c1cccs1)N/N=C/c1ccc(OCc2ccccc2)c([N+](=O)[O-])c1. The highest BCUT2D eigenvalue weighted by molar-refractivity contribution is 7.12. The van der Waals surface area contributed by atoms with Crippen LogP contribution in [0.4, 0.5) is 5.69 Å². The maximum atomic E-state index is 11.8. The van der Waals surface area contributed by atoms with E-state index in [-0.39, 0.29) is 30.5 Å². The molecule has 0 fully saturated rings. The lowest BCUT2D eigenvalue weighted by Gasteiger charge is -2.07. The number of nitro benzene ring substituents is 1. The maximum Gasteiger partial charge on any atom is 0.311 e. The van der Waals surface area contributed by atoms with Crippen molar-refractivity contribution in [2.75, 3.05) is 6.54 Å². The summed E-state index contributed by atoms with van der Waals surface area (Å²) in [6.07, 6.45) is 1.27. The van der Waals surface area contributed by atoms with Crippen LogP contribution in [0.15, 0.2) is 71.1 Å². The standard InChI is InChI=1S/C21H18N4O5S/c26-20(13-22-21(27)19-7-4-10-31-19)24-23-12-16-8-9-18(17(11-16)25(28)29)30-14-15-5-2-1-3-6-15/h1-12H,13-14H2,(H,22,27)(H,24,26)/b23-12+. The molecule has 0 aliphatic heterocycles. The van der Waals surface area contributed by atoms with Crippen molar-refractivity contribution in [1.29, 1.82) is 0 Å². The minimum absolute atomic E-state index is 0.131. The van der Waals surface area contributed by atoms with Crippen molar-refractivity contribution < 1.29 is 19.2 Å². The van der Waals surface area contributed by atoms with Crippen LogP contribution in [0.5, 0.6) is 5.75 Å². The first-order valence-corrected chi connectivity index (χ1v) is 9.99. The van der Waals surface area contributed by atoms with Crippen molar-refractivity contribution in [3.05, 3.63) is 92.2 Å². The van der Waals surface area contributed by atoms with Gasteiger partial charge in [-0.1, -0.05) is 36.4 Å². The minimum atomic E-state index is -0.545. The molecular weight excluding hydrogens is 420 g/mol. The van der Waals surface area contributed by atoms with Crippen molar-refractivity contribution in [2.24, 2.45) is 5.10 Å². The number of nitrogens with one attached hydrogen (secondary N) is 2. The predicted molar refractivity (Wildman–Crippen MR) is 116 cm³/mol. The number of carbonyl (C=O) groups excluding carboxylic acids is 2. The van der Waals surface area contributed by atoms with E-state index in [2.05, 4.69) is 15.8 Å². The molecule has 1 aromatic heterocycles. The fourth-order valence-electron chi connectivity index (χ4n) is 2.49. The molecule has 3 aromatic rings. The zero-order chi connectivity index (χ0) is 22.1. The van der Waals surface area contributed by atoms with Crippen LogP contribution in [-0.4, -0.2) is 29.5 Å². The summed E-state index contributed by atoms with van der Waals surface area (Å²) >= 11 is 1.27. The summed E-state index contributed by atoms with van der Waals surface area (Å²) in [5, 5.41) is 19.4. The quantitative estimate of drug-likeness (QED) is 0.302. The molecule has 2 N–H and O–H groups in total. The normalized spacial score (nSPS) is 10.6. The molecule has 0 saturated heterocycles. The Morgan fingerprint density at radius 2 is 1.94 bits per heavy atom. The van der Waals surface area contributed by atoms with Gasteiger partial charge in [-0.05, 0) is 29.1 Å². The fourth-order valence-corrected chi connectivity index (χ4v) is 3.13. The van der Waals surface area contributed by atoms with Gasteiger partial charge in [0.2, 0.25) is 0 Å². The summed E-state index contributed by atoms with van der Waals surface area (Å²) in [5.74, 6) is -0.749. The van der Waals surface area contributed by atoms with E-state index in [9.17, 15) is 19.7 Å². The molecule has 1 heterocycles. The van der Waals surface area contributed by atoms with E-state index < -0.39 is 10.8 Å². The lowest BCUT2D eigenvalue weighted by Crippen LogP contribution is -2.34. The first-order valence-electron chi connectivity index (χ1n) is 9.11. The second-order valence-electron chi connectivity index (χ2n) is 6.21. The van der Waals surface area contributed by atoms with Crippen molar-refractivity contribution >= 4 is 35.1 Å². The highest BCUT2D eigenvalue weighted by Gasteiger charge is 2.16. The fraction of sp³-hybridized carbons (Fsp3) is 0.0952. The summed E-state index contributed by atoms with van der Waals surface area (Å²) in [7, 11) is 0. The van der Waals surface area contributed by atoms with Gasteiger partial charge in [-0.3, -0.25) is 19.7 Å². The molecular formula is C21H18N4O5S. The highest BCUT2D eigenvalue weighted by Crippen LogP contribution is 2.28. The number of amides is 2. The summed E-state index contributed by atoms with van der Waals surface area (Å²) in [4.78, 5) is 34.9. The van der Waals surface area contributed by atoms with Crippen molar-refractivity contribution in [2.45, 2.75) is 6.61 Å². The van der Waals surface area contributed by atoms with Crippen LogP contribution in [0, 0.1) is 10.1 Å². The Bertz CT molecular complexity index is 1080. The van der Waals surface area contributed by atoms with Gasteiger partial charge in [-0.25, -0.2) is 5.43 Å². The van der Waals surface area contributed by atoms with Gasteiger partial charge >= 0.3 is 5.69 Å². The molecule has 0 bridgehead atoms. The van der Waals surface area contributed by atoms with Crippen LogP contribution >= 0.6 is 11.3 Å². The molecule has 0 aliphatic rings. The van der Waals surface area contributed by atoms with Crippen molar-refractivity contribution in [3.8, 4) is 5.75 Å². The van der Waals surface area contributed by atoms with Crippen LogP contribution in [0.25, 0.3) is 0 Å². The van der Waals surface area contributed by atoms with Crippen molar-refractivity contribution in [1.82, 2.24) is 10.7 Å². The Morgan fingerprint density at radius 1 is 1.13 bits per heavy atom. The predicted octanol–water partition coefficient (Wildman–Crippen LogP) is 3.12. The van der Waals surface area contributed by atoms with E-state index in [0.717, 1.165) is 5.56 Å². The highest BCUT2D eigenvalue weighted by atomic mass is 32.1. The smallest absolute Gasteiger partial charge is 0.311 e. The Labute approximate surface area is 181 Å². The van der Waals surface area contributed by atoms with E-state index in [4.69, 9.17) is 4.74 Å². The number of benzene rings is 2. The number of thiophene rings is 1. The van der Waals surface area contributed by atoms with E-state index in [1.807, 2.05) is 30.3 Å². The van der Waals surface area contributed by atoms with Crippen LogP contribution in [0.1, 0.15) is 20.8 Å². The van der Waals surface area contributed by atoms with Gasteiger partial charge in [-0.2, -0.15) is 5.10 Å². The number of nitrogens with zero attached hydrogens (tertiary/aromatic N) is 2. The number of hydrazone groups is 1. The second kappa shape index (κ2) is 10.6. The first kappa shape index (κ1) is 21.7. The van der Waals surface area contributed by atoms with Gasteiger partial charge in [-0.15, -0.1) is 11.3 Å². The summed E-state index contributed by atoms with van der Waals surface area (Å²) in [5.41, 5.74) is 3.34. The van der Waals surface area contributed by atoms with Gasteiger partial charge in [0.1, 0.15) is 6.61 Å². The van der Waals surface area contributed by atoms with Gasteiger partial charge in [0, 0.05) is 11.6 Å². The average Bonchev–Trinajstić information content (AvgIpc) is 3.32. The van der Waals surface area contributed by atoms with Gasteiger partial charge in [0.15, 0.2) is 5.75 Å². The zero-order valence-corrected chi connectivity index (χ0v) is 17.0. The Balaban J connectivity index is 1.55. The minimum Gasteiger partial charge on any atom is -0.482 e. The summed E-state index contributed by atoms with van der Waals surface area (Å²) in [6, 6.07) is 17.1. The monoisotopic (exact) mass is 438 g/mol. The largest absolute Gasteiger partial charge is 0.482 e. The molecule has 158 valence electrons. The summed E-state index contributed by atoms with van der Waals surface area (Å²) < 4.78 is 5.57. The third-order valence-electron chi connectivity index (χ3n) is 3.97.